The molecule has 0 aliphatic carbocycles. The van der Waals surface area contributed by atoms with E-state index in [0.717, 1.165) is 73.7 Å². The van der Waals surface area contributed by atoms with Crippen molar-refractivity contribution in [3.05, 3.63) is 199 Å². The Bertz CT molecular complexity index is 2740. The van der Waals surface area contributed by atoms with Gasteiger partial charge in [-0.2, -0.15) is 0 Å². The first-order chi connectivity index (χ1) is 27.6. The zero-order valence-corrected chi connectivity index (χ0v) is 33.2. The molecule has 266 valence electrons. The Morgan fingerprint density at radius 1 is 0.375 bits per heavy atom. The molecule has 9 aromatic rings. The number of anilines is 3. The minimum absolute atomic E-state index is 0.897. The van der Waals surface area contributed by atoms with Crippen molar-refractivity contribution in [1.82, 2.24) is 17.0 Å². The van der Waals surface area contributed by atoms with Crippen molar-refractivity contribution >= 4 is 40.1 Å². The van der Waals surface area contributed by atoms with Gasteiger partial charge in [0.25, 0.3) is 0 Å². The first-order valence-electron chi connectivity index (χ1n) is 19.2. The van der Waals surface area contributed by atoms with E-state index in [1.807, 2.05) is 0 Å². The fraction of sp³-hybridized carbons (Fsp3) is 0.0400. The monoisotopic (exact) mass is 781 g/mol. The third kappa shape index (κ3) is 4.67. The fourth-order valence-electron chi connectivity index (χ4n) is 9.21. The fourth-order valence-corrected chi connectivity index (χ4v) is 20.5. The van der Waals surface area contributed by atoms with Crippen LogP contribution in [0.5, 0.6) is 0 Å². The molecule has 2 aliphatic rings. The molecule has 0 fully saturated rings. The summed E-state index contributed by atoms with van der Waals surface area (Å²) in [5.74, 6) is 1.79. The third-order valence-corrected chi connectivity index (χ3v) is 21.6. The molecule has 56 heavy (non-hydrogen) atoms. The molecular weight excluding hydrogens is 743 g/mol. The van der Waals surface area contributed by atoms with Gasteiger partial charge in [0.1, 0.15) is 0 Å². The summed E-state index contributed by atoms with van der Waals surface area (Å²) < 4.78 is 8.14. The molecule has 2 aliphatic heterocycles. The Kier molecular flexibility index (Phi) is 7.41. The number of nitrogens with zero attached hydrogens (tertiary/aromatic N) is 5. The van der Waals surface area contributed by atoms with Crippen molar-refractivity contribution < 1.29 is 0 Å². The molecule has 0 saturated heterocycles. The molecule has 0 N–H and O–H groups in total. The van der Waals surface area contributed by atoms with E-state index in [2.05, 4.69) is 214 Å². The molecule has 6 heteroatoms. The van der Waals surface area contributed by atoms with Gasteiger partial charge >= 0.3 is 331 Å². The molecule has 0 atom stereocenters. The van der Waals surface area contributed by atoms with Crippen molar-refractivity contribution in [2.45, 2.75) is 13.8 Å². The van der Waals surface area contributed by atoms with E-state index >= 15 is 0 Å². The van der Waals surface area contributed by atoms with Gasteiger partial charge in [-0.15, -0.1) is 0 Å². The average molecular weight is 780 g/mol. The van der Waals surface area contributed by atoms with Crippen molar-refractivity contribution in [3.63, 3.8) is 0 Å². The summed E-state index contributed by atoms with van der Waals surface area (Å²) in [4.78, 5) is 13.8. The van der Waals surface area contributed by atoms with Crippen LogP contribution in [0.4, 0.5) is 17.6 Å². The SMILES string of the molecule is Cc1c(-c2ccccc2)nc2[n]1[Ge]1([c]3ccccc3-c3cccc[c]31)[n]1c(nc(-c3ccccc3)c1C)N2c1cc(-c2ccccc2)cc(-c2ccccc2)c1. The number of aromatic nitrogens is 4. The van der Waals surface area contributed by atoms with E-state index < -0.39 is 13.7 Å². The summed E-state index contributed by atoms with van der Waals surface area (Å²) in [5, 5.41) is 0. The predicted octanol–water partition coefficient (Wildman–Crippen LogP) is 10.8. The Hall–Kier alpha value is -6.70. The van der Waals surface area contributed by atoms with Crippen molar-refractivity contribution in [3.8, 4) is 55.9 Å². The second kappa shape index (κ2) is 12.7. The molecule has 4 heterocycles. The van der Waals surface area contributed by atoms with E-state index in [9.17, 15) is 0 Å². The maximum absolute atomic E-state index is 5.74. The van der Waals surface area contributed by atoms with Crippen LogP contribution in [0.15, 0.2) is 188 Å². The van der Waals surface area contributed by atoms with Gasteiger partial charge in [-0.05, 0) is 0 Å². The molecule has 0 amide bonds. The molecule has 0 radical (unpaired) electrons. The van der Waals surface area contributed by atoms with Crippen molar-refractivity contribution in [2.75, 3.05) is 4.90 Å². The Labute approximate surface area is 329 Å². The number of fused-ring (bicyclic) bond motifs is 9. The molecule has 7 aromatic carbocycles. The van der Waals surface area contributed by atoms with Gasteiger partial charge in [0.15, 0.2) is 0 Å². The Balaban J connectivity index is 1.30. The van der Waals surface area contributed by atoms with Gasteiger partial charge in [-0.25, -0.2) is 0 Å². The first-order valence-corrected chi connectivity index (χ1v) is 23.2. The average Bonchev–Trinajstić information content (AvgIpc) is 3.90. The van der Waals surface area contributed by atoms with Crippen LogP contribution >= 0.6 is 0 Å². The number of hydrogen-bond donors (Lipinski definition) is 0. The van der Waals surface area contributed by atoms with E-state index in [-0.39, 0.29) is 0 Å². The number of rotatable bonds is 5. The third-order valence-electron chi connectivity index (χ3n) is 11.6. The van der Waals surface area contributed by atoms with Gasteiger partial charge < -0.3 is 0 Å². The standard InChI is InChI=1S/C50H37GeN5/c1-34-47(38-23-11-5-12-24-38)52-49-54(42-32-40(36-19-7-3-8-20-36)31-41(33-42)37-21-9-4-10-22-37)50-53-48(39-25-13-6-14-26-39)35(2)56(50)51(55(34)49)45-29-17-15-27-43(45)44-28-16-18-30-46(44)51/h3-33H,1-2H3. The van der Waals surface area contributed by atoms with Gasteiger partial charge in [-0.1, -0.05) is 0 Å². The summed E-state index contributed by atoms with van der Waals surface area (Å²) in [6, 6.07) is 67.8. The number of hydrogen-bond acceptors (Lipinski definition) is 3. The van der Waals surface area contributed by atoms with Gasteiger partial charge in [-0.3, -0.25) is 0 Å². The van der Waals surface area contributed by atoms with Crippen LogP contribution in [-0.2, 0) is 0 Å². The molecule has 0 saturated carbocycles. The van der Waals surface area contributed by atoms with Crippen molar-refractivity contribution in [1.29, 1.82) is 0 Å². The van der Waals surface area contributed by atoms with Crippen LogP contribution in [-0.4, -0.2) is 30.7 Å². The number of benzene rings is 7. The maximum atomic E-state index is 5.74. The normalized spacial score (nSPS) is 13.3. The zero-order chi connectivity index (χ0) is 37.4. The van der Waals surface area contributed by atoms with Crippen molar-refractivity contribution in [2.24, 2.45) is 0 Å². The van der Waals surface area contributed by atoms with Gasteiger partial charge in [0, 0.05) is 0 Å². The quantitative estimate of drug-likeness (QED) is 0.163. The van der Waals surface area contributed by atoms with Crippen LogP contribution in [0.2, 0.25) is 0 Å². The van der Waals surface area contributed by atoms with Crippen LogP contribution < -0.4 is 13.7 Å². The molecule has 1 spiro atoms. The van der Waals surface area contributed by atoms with E-state index in [1.165, 1.54) is 19.9 Å². The summed E-state index contributed by atoms with van der Waals surface area (Å²) in [6.45, 7) is 4.55. The number of imidazole rings is 2. The van der Waals surface area contributed by atoms with Crippen LogP contribution in [0.1, 0.15) is 11.4 Å². The summed E-state index contributed by atoms with van der Waals surface area (Å²) >= 11 is -4.00. The summed E-state index contributed by atoms with van der Waals surface area (Å²) in [6.07, 6.45) is 0. The molecule has 11 rings (SSSR count). The molecule has 0 unspecified atom stereocenters. The molecule has 2 aromatic heterocycles. The molecule has 0 bridgehead atoms. The van der Waals surface area contributed by atoms with E-state index in [0.29, 0.717) is 0 Å². The van der Waals surface area contributed by atoms with Crippen LogP contribution in [0, 0.1) is 13.8 Å². The predicted molar refractivity (Wildman–Crippen MR) is 232 cm³/mol. The van der Waals surface area contributed by atoms with Crippen LogP contribution in [0.25, 0.3) is 55.9 Å². The van der Waals surface area contributed by atoms with Gasteiger partial charge in [0.2, 0.25) is 0 Å². The molecular formula is C50H37GeN5. The van der Waals surface area contributed by atoms with Crippen LogP contribution in [0.3, 0.4) is 0 Å². The Morgan fingerprint density at radius 3 is 1.14 bits per heavy atom. The molecule has 5 nitrogen and oxygen atoms in total. The second-order valence-electron chi connectivity index (χ2n) is 14.7. The topological polar surface area (TPSA) is 38.9 Å². The van der Waals surface area contributed by atoms with E-state index in [1.54, 1.807) is 0 Å². The summed E-state index contributed by atoms with van der Waals surface area (Å²) in [7, 11) is 0. The zero-order valence-electron chi connectivity index (χ0n) is 31.1. The minimum atomic E-state index is -4.00. The second-order valence-corrected chi connectivity index (χ2v) is 21.7. The summed E-state index contributed by atoms with van der Waals surface area (Å²) in [5.41, 5.74) is 14.7. The Morgan fingerprint density at radius 2 is 0.732 bits per heavy atom. The first kappa shape index (κ1) is 32.7. The van der Waals surface area contributed by atoms with Gasteiger partial charge in [0.05, 0.1) is 0 Å². The van der Waals surface area contributed by atoms with E-state index in [4.69, 9.17) is 9.97 Å².